The van der Waals surface area contributed by atoms with Crippen molar-refractivity contribution in [3.05, 3.63) is 70.8 Å². The minimum Gasteiger partial charge on any atom is -0.367 e. The van der Waals surface area contributed by atoms with E-state index in [4.69, 9.17) is 4.74 Å². The highest BCUT2D eigenvalue weighted by Gasteiger charge is 2.31. The molecule has 4 rings (SSSR count). The van der Waals surface area contributed by atoms with Crippen molar-refractivity contribution in [2.45, 2.75) is 19.1 Å². The van der Waals surface area contributed by atoms with Crippen LogP contribution in [0.4, 0.5) is 0 Å². The van der Waals surface area contributed by atoms with Gasteiger partial charge in [0.2, 0.25) is 0 Å². The molecule has 132 valence electrons. The van der Waals surface area contributed by atoms with Gasteiger partial charge < -0.3 is 9.64 Å². The van der Waals surface area contributed by atoms with Crippen LogP contribution in [0, 0.1) is 0 Å². The molecule has 3 aromatic heterocycles. The molecule has 5 nitrogen and oxygen atoms in total. The third-order valence-corrected chi connectivity index (χ3v) is 5.16. The first-order valence-electron chi connectivity index (χ1n) is 8.54. The van der Waals surface area contributed by atoms with Gasteiger partial charge in [0.05, 0.1) is 23.9 Å². The summed E-state index contributed by atoms with van der Waals surface area (Å²) in [6, 6.07) is 9.44. The van der Waals surface area contributed by atoms with Crippen molar-refractivity contribution in [2.24, 2.45) is 0 Å². The van der Waals surface area contributed by atoms with Crippen LogP contribution in [0.25, 0.3) is 11.3 Å². The molecule has 0 bridgehead atoms. The Morgan fingerprint density at radius 3 is 2.81 bits per heavy atom. The van der Waals surface area contributed by atoms with E-state index in [1.54, 1.807) is 36.0 Å². The van der Waals surface area contributed by atoms with Crippen molar-refractivity contribution in [1.82, 2.24) is 14.9 Å². The highest BCUT2D eigenvalue weighted by Crippen LogP contribution is 2.29. The Kier molecular flexibility index (Phi) is 4.77. The van der Waals surface area contributed by atoms with E-state index in [0.717, 1.165) is 11.1 Å². The van der Waals surface area contributed by atoms with Crippen molar-refractivity contribution in [1.29, 1.82) is 0 Å². The lowest BCUT2D eigenvalue weighted by atomic mass is 10.0. The molecule has 6 heteroatoms. The maximum Gasteiger partial charge on any atom is 0.256 e. The number of pyridine rings is 2. The van der Waals surface area contributed by atoms with Crippen molar-refractivity contribution in [2.75, 3.05) is 13.1 Å². The second-order valence-corrected chi connectivity index (χ2v) is 7.12. The standard InChI is InChI=1S/C20H19N3O2S/c1-14-11-23(12-18(25-14)16-6-10-26-13-16)20(24)17-3-2-7-22-19(17)15-4-8-21-9-5-15/h2-10,13-14,18H,11-12H2,1H3. The van der Waals surface area contributed by atoms with Gasteiger partial charge in [-0.2, -0.15) is 11.3 Å². The maximum absolute atomic E-state index is 13.3. The summed E-state index contributed by atoms with van der Waals surface area (Å²) in [6.07, 6.45) is 5.03. The van der Waals surface area contributed by atoms with Crippen LogP contribution in [0.2, 0.25) is 0 Å². The zero-order chi connectivity index (χ0) is 17.9. The minimum atomic E-state index is -0.0880. The zero-order valence-electron chi connectivity index (χ0n) is 14.4. The molecule has 0 radical (unpaired) electrons. The Labute approximate surface area is 156 Å². The lowest BCUT2D eigenvalue weighted by Gasteiger charge is -2.37. The van der Waals surface area contributed by atoms with Crippen molar-refractivity contribution < 1.29 is 9.53 Å². The molecule has 1 amide bonds. The quantitative estimate of drug-likeness (QED) is 0.708. The smallest absolute Gasteiger partial charge is 0.256 e. The van der Waals surface area contributed by atoms with E-state index in [-0.39, 0.29) is 18.1 Å². The fourth-order valence-electron chi connectivity index (χ4n) is 3.25. The predicted molar refractivity (Wildman–Crippen MR) is 101 cm³/mol. The van der Waals surface area contributed by atoms with Crippen LogP contribution in [-0.4, -0.2) is 40.0 Å². The zero-order valence-corrected chi connectivity index (χ0v) is 15.2. The molecule has 1 fully saturated rings. The molecule has 2 unspecified atom stereocenters. The Balaban J connectivity index is 1.64. The Hall–Kier alpha value is -2.57. The van der Waals surface area contributed by atoms with Gasteiger partial charge >= 0.3 is 0 Å². The molecule has 1 aliphatic heterocycles. The lowest BCUT2D eigenvalue weighted by molar-refractivity contribution is -0.0690. The Bertz CT molecular complexity index is 883. The molecular formula is C20H19N3O2S. The van der Waals surface area contributed by atoms with Gasteiger partial charge in [0.1, 0.15) is 6.10 Å². The van der Waals surface area contributed by atoms with E-state index >= 15 is 0 Å². The molecule has 26 heavy (non-hydrogen) atoms. The topological polar surface area (TPSA) is 55.3 Å². The van der Waals surface area contributed by atoms with Crippen molar-refractivity contribution in [3.8, 4) is 11.3 Å². The number of aromatic nitrogens is 2. The molecule has 2 atom stereocenters. The SMILES string of the molecule is CC1CN(C(=O)c2cccnc2-c2ccncc2)CC(c2ccsc2)O1. The molecule has 0 N–H and O–H groups in total. The van der Waals surface area contributed by atoms with Crippen LogP contribution < -0.4 is 0 Å². The van der Waals surface area contributed by atoms with Crippen LogP contribution in [0.1, 0.15) is 28.9 Å². The molecule has 0 aromatic carbocycles. The summed E-state index contributed by atoms with van der Waals surface area (Å²) in [6.45, 7) is 3.13. The second kappa shape index (κ2) is 7.35. The summed E-state index contributed by atoms with van der Waals surface area (Å²) in [7, 11) is 0. The van der Waals surface area contributed by atoms with E-state index in [1.807, 2.05) is 35.4 Å². The summed E-state index contributed by atoms with van der Waals surface area (Å²) in [5.74, 6) is -0.0136. The number of hydrogen-bond acceptors (Lipinski definition) is 5. The van der Waals surface area contributed by atoms with Gasteiger partial charge in [0.15, 0.2) is 0 Å². The average Bonchev–Trinajstić information content (AvgIpc) is 3.22. The first-order valence-corrected chi connectivity index (χ1v) is 9.49. The summed E-state index contributed by atoms with van der Waals surface area (Å²) >= 11 is 1.64. The van der Waals surface area contributed by atoms with Gasteiger partial charge in [-0.3, -0.25) is 14.8 Å². The highest BCUT2D eigenvalue weighted by molar-refractivity contribution is 7.07. The second-order valence-electron chi connectivity index (χ2n) is 6.34. The van der Waals surface area contributed by atoms with Gasteiger partial charge in [-0.05, 0) is 53.6 Å². The Morgan fingerprint density at radius 1 is 1.19 bits per heavy atom. The summed E-state index contributed by atoms with van der Waals surface area (Å²) in [4.78, 5) is 23.6. The number of ether oxygens (including phenoxy) is 1. The largest absolute Gasteiger partial charge is 0.367 e. The number of morpholine rings is 1. The van der Waals surface area contributed by atoms with E-state index < -0.39 is 0 Å². The van der Waals surface area contributed by atoms with Gasteiger partial charge in [0.25, 0.3) is 5.91 Å². The Morgan fingerprint density at radius 2 is 2.04 bits per heavy atom. The molecule has 4 heterocycles. The van der Waals surface area contributed by atoms with Crippen molar-refractivity contribution >= 4 is 17.2 Å². The molecule has 1 saturated heterocycles. The highest BCUT2D eigenvalue weighted by atomic mass is 32.1. The number of thiophene rings is 1. The monoisotopic (exact) mass is 365 g/mol. The van der Waals surface area contributed by atoms with Gasteiger partial charge in [-0.25, -0.2) is 0 Å². The van der Waals surface area contributed by atoms with Crippen LogP contribution in [0.15, 0.2) is 59.7 Å². The summed E-state index contributed by atoms with van der Waals surface area (Å²) < 4.78 is 6.05. The molecule has 0 saturated carbocycles. The van der Waals surface area contributed by atoms with Crippen LogP contribution >= 0.6 is 11.3 Å². The van der Waals surface area contributed by atoms with E-state index in [0.29, 0.717) is 24.3 Å². The predicted octanol–water partition coefficient (Wildman–Crippen LogP) is 3.81. The normalized spacial score (nSPS) is 20.1. The van der Waals surface area contributed by atoms with E-state index in [1.165, 1.54) is 0 Å². The fraction of sp³-hybridized carbons (Fsp3) is 0.250. The number of carbonyl (C=O) groups excluding carboxylic acids is 1. The first-order chi connectivity index (χ1) is 12.7. The molecular weight excluding hydrogens is 346 g/mol. The number of amides is 1. The third kappa shape index (κ3) is 3.38. The van der Waals surface area contributed by atoms with Gasteiger partial charge in [-0.1, -0.05) is 0 Å². The molecule has 3 aromatic rings. The fourth-order valence-corrected chi connectivity index (χ4v) is 3.95. The van der Waals surface area contributed by atoms with E-state index in [2.05, 4.69) is 21.4 Å². The minimum absolute atomic E-state index is 0.0136. The number of carbonyl (C=O) groups is 1. The van der Waals surface area contributed by atoms with E-state index in [9.17, 15) is 4.79 Å². The number of rotatable bonds is 3. The van der Waals surface area contributed by atoms with Crippen LogP contribution in [-0.2, 0) is 4.74 Å². The first kappa shape index (κ1) is 16.9. The summed E-state index contributed by atoms with van der Waals surface area (Å²) in [5.41, 5.74) is 3.31. The molecule has 1 aliphatic rings. The lowest BCUT2D eigenvalue weighted by Crippen LogP contribution is -2.46. The van der Waals surface area contributed by atoms with Gasteiger partial charge in [0, 0.05) is 30.7 Å². The van der Waals surface area contributed by atoms with Gasteiger partial charge in [-0.15, -0.1) is 0 Å². The van der Waals surface area contributed by atoms with Crippen molar-refractivity contribution in [3.63, 3.8) is 0 Å². The van der Waals surface area contributed by atoms with Crippen LogP contribution in [0.3, 0.4) is 0 Å². The molecule has 0 aliphatic carbocycles. The summed E-state index contributed by atoms with van der Waals surface area (Å²) in [5, 5.41) is 4.12. The number of nitrogens with zero attached hydrogens (tertiary/aromatic N) is 3. The average molecular weight is 365 g/mol. The third-order valence-electron chi connectivity index (χ3n) is 4.45. The molecule has 0 spiro atoms. The van der Waals surface area contributed by atoms with Crippen LogP contribution in [0.5, 0.6) is 0 Å². The maximum atomic E-state index is 13.3. The number of hydrogen-bond donors (Lipinski definition) is 0.